The molecule has 34 heavy (non-hydrogen) atoms. The number of nitrogens with zero attached hydrogens (tertiary/aromatic N) is 4. The normalized spacial score (nSPS) is 11.1. The highest BCUT2D eigenvalue weighted by Crippen LogP contribution is 2.25. The van der Waals surface area contributed by atoms with Crippen LogP contribution in [0.4, 0.5) is 0 Å². The molecule has 0 aliphatic carbocycles. The van der Waals surface area contributed by atoms with Crippen molar-refractivity contribution in [2.75, 3.05) is 6.26 Å². The van der Waals surface area contributed by atoms with Crippen molar-refractivity contribution in [3.63, 3.8) is 0 Å². The van der Waals surface area contributed by atoms with Gasteiger partial charge < -0.3 is 13.9 Å². The molecule has 2 heterocycles. The first kappa shape index (κ1) is 23.6. The van der Waals surface area contributed by atoms with Gasteiger partial charge in [-0.05, 0) is 76.4 Å². The van der Waals surface area contributed by atoms with Gasteiger partial charge in [0.05, 0.1) is 17.5 Å². The number of benzene rings is 2. The molecule has 8 nitrogen and oxygen atoms in total. The van der Waals surface area contributed by atoms with Gasteiger partial charge in [-0.15, -0.1) is 16.9 Å². The van der Waals surface area contributed by atoms with Gasteiger partial charge in [0.1, 0.15) is 23.8 Å². The minimum atomic E-state index is -0.566. The van der Waals surface area contributed by atoms with Crippen molar-refractivity contribution in [1.29, 1.82) is 0 Å². The minimum absolute atomic E-state index is 0.0308. The lowest BCUT2D eigenvalue weighted by Crippen LogP contribution is -2.09. The van der Waals surface area contributed by atoms with Gasteiger partial charge in [0.15, 0.2) is 5.69 Å². The van der Waals surface area contributed by atoms with Crippen LogP contribution in [0.2, 0.25) is 0 Å². The van der Waals surface area contributed by atoms with Gasteiger partial charge in [-0.25, -0.2) is 14.5 Å². The number of carbonyl (C=O) groups excluding carboxylic acids is 1. The highest BCUT2D eigenvalue weighted by Gasteiger charge is 2.21. The van der Waals surface area contributed by atoms with Crippen molar-refractivity contribution in [1.82, 2.24) is 20.0 Å². The average molecular weight is 479 g/mol. The van der Waals surface area contributed by atoms with Crippen molar-refractivity contribution in [3.05, 3.63) is 71.4 Å². The molecule has 0 amide bonds. The van der Waals surface area contributed by atoms with E-state index in [2.05, 4.69) is 15.3 Å². The topological polar surface area (TPSA) is 92.3 Å². The predicted octanol–water partition coefficient (Wildman–Crippen LogP) is 5.41. The summed E-state index contributed by atoms with van der Waals surface area (Å²) >= 11 is 1.63. The Balaban J connectivity index is 1.45. The molecule has 0 saturated carbocycles. The van der Waals surface area contributed by atoms with Crippen molar-refractivity contribution in [2.45, 2.75) is 45.3 Å². The number of thioether (sulfide) groups is 1. The Hall–Kier alpha value is -3.59. The third kappa shape index (κ3) is 5.14. The number of ether oxygens (including phenoxy) is 2. The molecule has 0 fully saturated rings. The molecule has 0 unspecified atom stereocenters. The predicted molar refractivity (Wildman–Crippen MR) is 129 cm³/mol. The van der Waals surface area contributed by atoms with Crippen LogP contribution < -0.4 is 4.74 Å². The van der Waals surface area contributed by atoms with Crippen LogP contribution in [0.3, 0.4) is 0 Å². The van der Waals surface area contributed by atoms with Crippen molar-refractivity contribution < 1.29 is 18.7 Å². The van der Waals surface area contributed by atoms with Crippen LogP contribution in [0, 0.1) is 13.8 Å². The van der Waals surface area contributed by atoms with Gasteiger partial charge in [-0.1, -0.05) is 11.3 Å². The Kier molecular flexibility index (Phi) is 7.02. The first-order valence-electron chi connectivity index (χ1n) is 10.8. The molecule has 0 bridgehead atoms. The first-order chi connectivity index (χ1) is 16.4. The number of carbonyl (C=O) groups is 1. The zero-order valence-corrected chi connectivity index (χ0v) is 20.5. The molecule has 4 rings (SSSR count). The minimum Gasteiger partial charge on any atom is -0.491 e. The van der Waals surface area contributed by atoms with Gasteiger partial charge >= 0.3 is 5.97 Å². The van der Waals surface area contributed by atoms with E-state index in [9.17, 15) is 4.79 Å². The fraction of sp³-hybridized carbons (Fsp3) is 0.280. The van der Waals surface area contributed by atoms with Gasteiger partial charge in [-0.2, -0.15) is 0 Å². The summed E-state index contributed by atoms with van der Waals surface area (Å²) in [5, 5.41) is 8.18. The zero-order chi connectivity index (χ0) is 24.2. The Morgan fingerprint density at radius 3 is 2.62 bits per heavy atom. The third-order valence-corrected chi connectivity index (χ3v) is 5.82. The number of hydrogen-bond acceptors (Lipinski definition) is 8. The highest BCUT2D eigenvalue weighted by atomic mass is 32.2. The van der Waals surface area contributed by atoms with Gasteiger partial charge in [0, 0.05) is 10.5 Å². The molecule has 0 radical (unpaired) electrons. The fourth-order valence-electron chi connectivity index (χ4n) is 3.34. The molecule has 0 aliphatic heterocycles. The lowest BCUT2D eigenvalue weighted by Gasteiger charge is -2.09. The number of oxazole rings is 1. The lowest BCUT2D eigenvalue weighted by molar-refractivity contribution is 0.0459. The maximum atomic E-state index is 12.7. The summed E-state index contributed by atoms with van der Waals surface area (Å²) in [4.78, 5) is 18.3. The quantitative estimate of drug-likeness (QED) is 0.245. The molecule has 0 atom stereocenters. The molecule has 2 aromatic carbocycles. The first-order valence-corrected chi connectivity index (χ1v) is 12.1. The lowest BCUT2D eigenvalue weighted by atomic mass is 10.2. The number of aromatic nitrogens is 4. The van der Waals surface area contributed by atoms with Crippen LogP contribution in [0.5, 0.6) is 5.75 Å². The van der Waals surface area contributed by atoms with Crippen LogP contribution in [-0.4, -0.2) is 38.3 Å². The fourth-order valence-corrected chi connectivity index (χ4v) is 3.79. The summed E-state index contributed by atoms with van der Waals surface area (Å²) in [5.74, 6) is 1.25. The van der Waals surface area contributed by atoms with E-state index in [1.165, 1.54) is 0 Å². The highest BCUT2D eigenvalue weighted by molar-refractivity contribution is 7.98. The van der Waals surface area contributed by atoms with Gasteiger partial charge in [-0.3, -0.25) is 0 Å². The SMILES string of the molecule is CSc1cccc(-n2nnc(C(=O)OCc3nc(-c4ccc(OC(C)C)cc4)oc3C)c2C)c1. The monoisotopic (exact) mass is 478 g/mol. The van der Waals surface area contributed by atoms with Crippen molar-refractivity contribution in [3.8, 4) is 22.9 Å². The Labute approximate surface area is 202 Å². The Bertz CT molecular complexity index is 1290. The second-order valence-corrected chi connectivity index (χ2v) is 8.81. The second-order valence-electron chi connectivity index (χ2n) is 7.93. The molecule has 0 aliphatic rings. The second kappa shape index (κ2) is 10.1. The van der Waals surface area contributed by atoms with E-state index in [1.807, 2.05) is 68.6 Å². The van der Waals surface area contributed by atoms with Gasteiger partial charge in [0.2, 0.25) is 5.89 Å². The maximum absolute atomic E-state index is 12.7. The standard InChI is InChI=1S/C25H26N4O4S/c1-15(2)32-20-11-9-18(10-12-20)24-26-22(17(4)33-24)14-31-25(30)23-16(3)29(28-27-23)19-7-6-8-21(13-19)34-5/h6-13,15H,14H2,1-5H3. The van der Waals surface area contributed by atoms with Crippen LogP contribution >= 0.6 is 11.8 Å². The van der Waals surface area contributed by atoms with E-state index in [1.54, 1.807) is 30.3 Å². The molecule has 176 valence electrons. The van der Waals surface area contributed by atoms with E-state index in [-0.39, 0.29) is 18.4 Å². The summed E-state index contributed by atoms with van der Waals surface area (Å²) < 4.78 is 18.6. The third-order valence-electron chi connectivity index (χ3n) is 5.09. The summed E-state index contributed by atoms with van der Waals surface area (Å²) in [6.07, 6.45) is 2.10. The summed E-state index contributed by atoms with van der Waals surface area (Å²) in [7, 11) is 0. The molecular weight excluding hydrogens is 452 g/mol. The van der Waals surface area contributed by atoms with E-state index in [0.717, 1.165) is 21.9 Å². The molecule has 0 saturated heterocycles. The Morgan fingerprint density at radius 2 is 1.91 bits per heavy atom. The van der Waals surface area contributed by atoms with E-state index < -0.39 is 5.97 Å². The molecule has 0 N–H and O–H groups in total. The summed E-state index contributed by atoms with van der Waals surface area (Å²) in [6.45, 7) is 7.50. The van der Waals surface area contributed by atoms with Crippen molar-refractivity contribution in [2.24, 2.45) is 0 Å². The van der Waals surface area contributed by atoms with Crippen molar-refractivity contribution >= 4 is 17.7 Å². The smallest absolute Gasteiger partial charge is 0.361 e. The molecule has 9 heteroatoms. The van der Waals surface area contributed by atoms with Crippen LogP contribution in [-0.2, 0) is 11.3 Å². The Morgan fingerprint density at radius 1 is 1.15 bits per heavy atom. The number of esters is 1. The largest absolute Gasteiger partial charge is 0.491 e. The molecule has 4 aromatic rings. The molecule has 0 spiro atoms. The molecular formula is C25H26N4O4S. The van der Waals surface area contributed by atoms with Crippen LogP contribution in [0.25, 0.3) is 17.1 Å². The summed E-state index contributed by atoms with van der Waals surface area (Å²) in [6, 6.07) is 15.4. The van der Waals surface area contributed by atoms with E-state index in [4.69, 9.17) is 13.9 Å². The van der Waals surface area contributed by atoms with Crippen LogP contribution in [0.15, 0.2) is 57.8 Å². The van der Waals surface area contributed by atoms with E-state index in [0.29, 0.717) is 23.0 Å². The average Bonchev–Trinajstić information content (AvgIpc) is 3.40. The number of hydrogen-bond donors (Lipinski definition) is 0. The number of aryl methyl sites for hydroxylation is 1. The molecule has 2 aromatic heterocycles. The van der Waals surface area contributed by atoms with Gasteiger partial charge in [0.25, 0.3) is 0 Å². The number of rotatable bonds is 8. The maximum Gasteiger partial charge on any atom is 0.361 e. The summed E-state index contributed by atoms with van der Waals surface area (Å²) in [5.41, 5.74) is 2.95. The zero-order valence-electron chi connectivity index (χ0n) is 19.7. The van der Waals surface area contributed by atoms with Crippen LogP contribution in [0.1, 0.15) is 41.5 Å². The van der Waals surface area contributed by atoms with E-state index >= 15 is 0 Å².